The number of benzene rings is 1. The maximum Gasteiger partial charge on any atom is 0.342 e. The van der Waals surface area contributed by atoms with E-state index in [4.69, 9.17) is 0 Å². The zero-order valence-electron chi connectivity index (χ0n) is 10.8. The first-order valence-electron chi connectivity index (χ1n) is 6.14. The van der Waals surface area contributed by atoms with Crippen LogP contribution in [-0.2, 0) is 6.54 Å². The second-order valence-corrected chi connectivity index (χ2v) is 4.27. The molecule has 0 spiro atoms. The monoisotopic (exact) mass is 276 g/mol. The van der Waals surface area contributed by atoms with E-state index in [1.807, 2.05) is 6.92 Å². The summed E-state index contributed by atoms with van der Waals surface area (Å²) in [7, 11) is 0. The molecule has 0 saturated carbocycles. The fourth-order valence-electron chi connectivity index (χ4n) is 1.91. The third-order valence-corrected chi connectivity index (χ3v) is 2.85. The van der Waals surface area contributed by atoms with Gasteiger partial charge in [-0.25, -0.2) is 13.9 Å². The predicted molar refractivity (Wildman–Crippen MR) is 71.1 cm³/mol. The summed E-state index contributed by atoms with van der Waals surface area (Å²) in [4.78, 5) is 23.4. The van der Waals surface area contributed by atoms with Crippen LogP contribution < -0.4 is 5.56 Å². The second kappa shape index (κ2) is 5.64. The van der Waals surface area contributed by atoms with Gasteiger partial charge in [0.05, 0.1) is 6.20 Å². The number of nitrogens with zero attached hydrogens (tertiary/aromatic N) is 2. The summed E-state index contributed by atoms with van der Waals surface area (Å²) in [5.41, 5.74) is -0.367. The van der Waals surface area contributed by atoms with Crippen molar-refractivity contribution < 1.29 is 14.3 Å². The summed E-state index contributed by atoms with van der Waals surface area (Å²) in [6, 6.07) is 5.25. The lowest BCUT2D eigenvalue weighted by Crippen LogP contribution is -2.29. The highest BCUT2D eigenvalue weighted by molar-refractivity contribution is 5.95. The van der Waals surface area contributed by atoms with Crippen molar-refractivity contribution in [3.05, 3.63) is 52.2 Å². The quantitative estimate of drug-likeness (QED) is 0.928. The van der Waals surface area contributed by atoms with Gasteiger partial charge in [-0.15, -0.1) is 0 Å². The van der Waals surface area contributed by atoms with Gasteiger partial charge in [-0.05, 0) is 24.1 Å². The molecule has 1 heterocycles. The smallest absolute Gasteiger partial charge is 0.342 e. The van der Waals surface area contributed by atoms with E-state index < -0.39 is 17.3 Å². The first kappa shape index (κ1) is 13.9. The molecule has 20 heavy (non-hydrogen) atoms. The van der Waals surface area contributed by atoms with Gasteiger partial charge < -0.3 is 5.11 Å². The largest absolute Gasteiger partial charge is 0.477 e. The minimum absolute atomic E-state index is 0.190. The van der Waals surface area contributed by atoms with E-state index in [0.29, 0.717) is 18.5 Å². The SMILES string of the molecule is CCCn1ncc(-c2ccc(F)cc2)c(C(=O)O)c1=O. The summed E-state index contributed by atoms with van der Waals surface area (Å²) in [6.45, 7) is 2.21. The van der Waals surface area contributed by atoms with Crippen LogP contribution >= 0.6 is 0 Å². The van der Waals surface area contributed by atoms with Gasteiger partial charge in [0.2, 0.25) is 0 Å². The molecule has 6 heteroatoms. The Morgan fingerprint density at radius 1 is 1.35 bits per heavy atom. The van der Waals surface area contributed by atoms with Crippen LogP contribution in [0.1, 0.15) is 23.7 Å². The van der Waals surface area contributed by atoms with Gasteiger partial charge in [-0.2, -0.15) is 5.10 Å². The van der Waals surface area contributed by atoms with Crippen LogP contribution in [0.2, 0.25) is 0 Å². The topological polar surface area (TPSA) is 72.2 Å². The first-order chi connectivity index (χ1) is 9.54. The summed E-state index contributed by atoms with van der Waals surface area (Å²) in [5.74, 6) is -1.75. The van der Waals surface area contributed by atoms with Crippen LogP contribution in [0.25, 0.3) is 11.1 Å². The zero-order valence-corrected chi connectivity index (χ0v) is 10.8. The maximum absolute atomic E-state index is 12.9. The summed E-state index contributed by atoms with van der Waals surface area (Å²) in [5, 5.41) is 13.2. The molecule has 104 valence electrons. The molecule has 5 nitrogen and oxygen atoms in total. The highest BCUT2D eigenvalue weighted by Crippen LogP contribution is 2.21. The number of hydrogen-bond donors (Lipinski definition) is 1. The van der Waals surface area contributed by atoms with E-state index in [-0.39, 0.29) is 11.1 Å². The summed E-state index contributed by atoms with van der Waals surface area (Å²) < 4.78 is 14.0. The molecule has 1 aromatic heterocycles. The number of aryl methyl sites for hydroxylation is 1. The third kappa shape index (κ3) is 2.59. The Bertz CT molecular complexity index is 693. The van der Waals surface area contributed by atoms with E-state index in [9.17, 15) is 19.1 Å². The minimum atomic E-state index is -1.32. The van der Waals surface area contributed by atoms with Gasteiger partial charge in [-0.1, -0.05) is 19.1 Å². The lowest BCUT2D eigenvalue weighted by molar-refractivity contribution is 0.0694. The van der Waals surface area contributed by atoms with Crippen LogP contribution in [0, 0.1) is 5.82 Å². The van der Waals surface area contributed by atoms with Crippen LogP contribution in [0.4, 0.5) is 4.39 Å². The Kier molecular flexibility index (Phi) is 3.93. The van der Waals surface area contributed by atoms with Gasteiger partial charge in [0.25, 0.3) is 5.56 Å². The maximum atomic E-state index is 12.9. The molecule has 0 fully saturated rings. The molecule has 0 radical (unpaired) electrons. The molecule has 0 bridgehead atoms. The van der Waals surface area contributed by atoms with Crippen molar-refractivity contribution in [3.63, 3.8) is 0 Å². The van der Waals surface area contributed by atoms with Gasteiger partial charge >= 0.3 is 5.97 Å². The number of halogens is 1. The molecular formula is C14H13FN2O3. The fourth-order valence-corrected chi connectivity index (χ4v) is 1.91. The number of rotatable bonds is 4. The number of carboxylic acid groups (broad SMARTS) is 1. The highest BCUT2D eigenvalue weighted by atomic mass is 19.1. The van der Waals surface area contributed by atoms with Crippen molar-refractivity contribution in [1.29, 1.82) is 0 Å². The Labute approximate surface area is 114 Å². The molecule has 2 rings (SSSR count). The minimum Gasteiger partial charge on any atom is -0.477 e. The summed E-state index contributed by atoms with van der Waals surface area (Å²) >= 11 is 0. The van der Waals surface area contributed by atoms with Crippen LogP contribution in [-0.4, -0.2) is 20.9 Å². The van der Waals surface area contributed by atoms with E-state index in [2.05, 4.69) is 5.10 Å². The van der Waals surface area contributed by atoms with Crippen molar-refractivity contribution in [2.45, 2.75) is 19.9 Å². The van der Waals surface area contributed by atoms with Gasteiger partial charge in [0, 0.05) is 12.1 Å². The Morgan fingerprint density at radius 3 is 2.55 bits per heavy atom. The number of aromatic carboxylic acids is 1. The molecule has 0 aliphatic carbocycles. The average molecular weight is 276 g/mol. The average Bonchev–Trinajstić information content (AvgIpc) is 2.41. The first-order valence-corrected chi connectivity index (χ1v) is 6.14. The molecule has 0 atom stereocenters. The molecular weight excluding hydrogens is 263 g/mol. The molecule has 0 amide bonds. The molecule has 0 aliphatic rings. The lowest BCUT2D eigenvalue weighted by Gasteiger charge is -2.09. The number of hydrogen-bond acceptors (Lipinski definition) is 3. The molecule has 1 aromatic carbocycles. The van der Waals surface area contributed by atoms with Crippen molar-refractivity contribution in [1.82, 2.24) is 9.78 Å². The fraction of sp³-hybridized carbons (Fsp3) is 0.214. The van der Waals surface area contributed by atoms with Crippen molar-refractivity contribution in [2.24, 2.45) is 0 Å². The second-order valence-electron chi connectivity index (χ2n) is 4.27. The molecule has 0 unspecified atom stereocenters. The van der Waals surface area contributed by atoms with E-state index in [0.717, 1.165) is 4.68 Å². The van der Waals surface area contributed by atoms with Gasteiger partial charge in [0.1, 0.15) is 11.4 Å². The van der Waals surface area contributed by atoms with Crippen LogP contribution in [0.3, 0.4) is 0 Å². The van der Waals surface area contributed by atoms with Gasteiger partial charge in [0.15, 0.2) is 0 Å². The molecule has 0 saturated heterocycles. The van der Waals surface area contributed by atoms with Crippen LogP contribution in [0.15, 0.2) is 35.3 Å². The highest BCUT2D eigenvalue weighted by Gasteiger charge is 2.19. The third-order valence-electron chi connectivity index (χ3n) is 2.85. The van der Waals surface area contributed by atoms with Crippen molar-refractivity contribution in [3.8, 4) is 11.1 Å². The van der Waals surface area contributed by atoms with Crippen LogP contribution in [0.5, 0.6) is 0 Å². The van der Waals surface area contributed by atoms with Crippen molar-refractivity contribution >= 4 is 5.97 Å². The Hall–Kier alpha value is -2.50. The Balaban J connectivity index is 2.64. The predicted octanol–water partition coefficient (Wildman–Crippen LogP) is 2.16. The number of carbonyl (C=O) groups is 1. The molecule has 2 aromatic rings. The number of carboxylic acids is 1. The summed E-state index contributed by atoms with van der Waals surface area (Å²) in [6.07, 6.45) is 2.00. The Morgan fingerprint density at radius 2 is 2.00 bits per heavy atom. The molecule has 0 aliphatic heterocycles. The van der Waals surface area contributed by atoms with E-state index >= 15 is 0 Å². The van der Waals surface area contributed by atoms with E-state index in [1.54, 1.807) is 0 Å². The number of aromatic nitrogens is 2. The molecule has 1 N–H and O–H groups in total. The normalized spacial score (nSPS) is 10.5. The lowest BCUT2D eigenvalue weighted by atomic mass is 10.0. The van der Waals surface area contributed by atoms with Gasteiger partial charge in [-0.3, -0.25) is 4.79 Å². The van der Waals surface area contributed by atoms with Crippen molar-refractivity contribution in [2.75, 3.05) is 0 Å². The zero-order chi connectivity index (χ0) is 14.7. The standard InChI is InChI=1S/C14H13FN2O3/c1-2-7-17-13(18)12(14(19)20)11(8-16-17)9-3-5-10(15)6-4-9/h3-6,8H,2,7H2,1H3,(H,19,20). The van der Waals surface area contributed by atoms with E-state index in [1.165, 1.54) is 30.5 Å².